The van der Waals surface area contributed by atoms with Gasteiger partial charge in [0.05, 0.1) is 0 Å². The van der Waals surface area contributed by atoms with E-state index in [9.17, 15) is 9.59 Å². The van der Waals surface area contributed by atoms with Gasteiger partial charge >= 0.3 is 11.6 Å². The summed E-state index contributed by atoms with van der Waals surface area (Å²) in [5, 5.41) is 0.838. The highest BCUT2D eigenvalue weighted by Crippen LogP contribution is 2.22. The molecule has 0 saturated carbocycles. The van der Waals surface area contributed by atoms with Gasteiger partial charge < -0.3 is 9.15 Å². The summed E-state index contributed by atoms with van der Waals surface area (Å²) in [6.45, 7) is 8.28. The van der Waals surface area contributed by atoms with Crippen molar-refractivity contribution < 1.29 is 13.9 Å². The van der Waals surface area contributed by atoms with Gasteiger partial charge in [0.2, 0.25) is 0 Å². The highest BCUT2D eigenvalue weighted by molar-refractivity contribution is 5.82. The zero-order valence-corrected chi connectivity index (χ0v) is 21.3. The van der Waals surface area contributed by atoms with E-state index in [0.717, 1.165) is 17.4 Å². The number of allylic oxidation sites excluding steroid dienone is 2. The number of rotatable bonds is 14. The Hall–Kier alpha value is -2.36. The molecule has 1 heterocycles. The van der Waals surface area contributed by atoms with Crippen molar-refractivity contribution in [2.75, 3.05) is 0 Å². The molecule has 0 atom stereocenters. The van der Waals surface area contributed by atoms with Crippen molar-refractivity contribution in [2.45, 2.75) is 111 Å². The number of hydrogen-bond donors (Lipinski definition) is 0. The lowest BCUT2D eigenvalue weighted by Crippen LogP contribution is -2.07. The van der Waals surface area contributed by atoms with E-state index >= 15 is 0 Å². The van der Waals surface area contributed by atoms with E-state index in [1.165, 1.54) is 76.7 Å². The summed E-state index contributed by atoms with van der Waals surface area (Å²) in [6, 6.07) is 6.48. The van der Waals surface area contributed by atoms with E-state index in [1.807, 2.05) is 13.8 Å². The van der Waals surface area contributed by atoms with Crippen LogP contribution in [0.1, 0.15) is 110 Å². The highest BCUT2D eigenvalue weighted by atomic mass is 16.5. The maximum absolute atomic E-state index is 11.4. The number of aryl methyl sites for hydroxylation is 1. The first-order valence-corrected chi connectivity index (χ1v) is 12.9. The molecule has 0 aliphatic heterocycles. The van der Waals surface area contributed by atoms with Crippen molar-refractivity contribution in [1.82, 2.24) is 0 Å². The average molecular weight is 457 g/mol. The number of ether oxygens (including phenoxy) is 1. The topological polar surface area (TPSA) is 56.5 Å². The molecule has 4 nitrogen and oxygen atoms in total. The van der Waals surface area contributed by atoms with Crippen LogP contribution < -0.4 is 10.4 Å². The minimum Gasteiger partial charge on any atom is -0.426 e. The molecule has 0 aliphatic carbocycles. The molecule has 0 unspecified atom stereocenters. The quantitative estimate of drug-likeness (QED) is 0.0938. The number of carbonyl (C=O) groups is 1. The molecule has 0 saturated heterocycles. The van der Waals surface area contributed by atoms with Crippen LogP contribution in [0.3, 0.4) is 0 Å². The van der Waals surface area contributed by atoms with Crippen LogP contribution in [0.5, 0.6) is 5.75 Å². The summed E-state index contributed by atoms with van der Waals surface area (Å²) in [5.41, 5.74) is 0.867. The van der Waals surface area contributed by atoms with E-state index in [0.29, 0.717) is 17.8 Å². The van der Waals surface area contributed by atoms with E-state index in [4.69, 9.17) is 9.15 Å². The smallest absolute Gasteiger partial charge is 0.336 e. The molecule has 0 spiro atoms. The fourth-order valence-electron chi connectivity index (χ4n) is 3.53. The van der Waals surface area contributed by atoms with Crippen LogP contribution in [0.15, 0.2) is 45.6 Å². The minimum atomic E-state index is -0.406. The van der Waals surface area contributed by atoms with Gasteiger partial charge in [-0.1, -0.05) is 84.3 Å². The van der Waals surface area contributed by atoms with Gasteiger partial charge in [0, 0.05) is 23.9 Å². The summed E-state index contributed by atoms with van der Waals surface area (Å²) >= 11 is 0. The summed E-state index contributed by atoms with van der Waals surface area (Å²) in [5.74, 6) is 0.113. The fourth-order valence-corrected chi connectivity index (χ4v) is 3.53. The monoisotopic (exact) mass is 456 g/mol. The third kappa shape index (κ3) is 13.1. The van der Waals surface area contributed by atoms with E-state index in [2.05, 4.69) is 26.0 Å². The predicted molar refractivity (Wildman–Crippen MR) is 139 cm³/mol. The Morgan fingerprint density at radius 2 is 1.48 bits per heavy atom. The Balaban J connectivity index is 0.000000337. The second-order valence-electron chi connectivity index (χ2n) is 8.65. The molecule has 0 fully saturated rings. The first kappa shape index (κ1) is 28.7. The fraction of sp³-hybridized carbons (Fsp3) is 0.586. The average Bonchev–Trinajstić information content (AvgIpc) is 2.78. The number of benzene rings is 1. The molecular weight excluding hydrogens is 412 g/mol. The summed E-state index contributed by atoms with van der Waals surface area (Å²) in [4.78, 5) is 22.6. The molecule has 1 aromatic carbocycles. The Kier molecular flexibility index (Phi) is 15.7. The number of carbonyl (C=O) groups excluding carboxylic acids is 1. The van der Waals surface area contributed by atoms with Crippen molar-refractivity contribution in [2.24, 2.45) is 0 Å². The standard InChI is InChI=1S/C15H30.C14H14O4/c1-3-5-7-9-11-13-15-14-12-10-8-6-4-2;1-3-4-13(15)17-10-5-6-11-9(2)7-14(16)18-12(11)8-10/h9,11H,3-8,10,12-15H2,1-2H3;5-8H,3-4H2,1-2H3/b11-9+;. The van der Waals surface area contributed by atoms with Gasteiger partial charge in [-0.25, -0.2) is 4.79 Å². The Morgan fingerprint density at radius 1 is 0.848 bits per heavy atom. The van der Waals surface area contributed by atoms with Crippen LogP contribution in [0.4, 0.5) is 0 Å². The third-order valence-electron chi connectivity index (χ3n) is 5.47. The zero-order chi connectivity index (χ0) is 24.3. The largest absolute Gasteiger partial charge is 0.426 e. The van der Waals surface area contributed by atoms with Gasteiger partial charge in [0.25, 0.3) is 0 Å². The van der Waals surface area contributed by atoms with Gasteiger partial charge in [0.15, 0.2) is 0 Å². The van der Waals surface area contributed by atoms with Crippen LogP contribution in [0, 0.1) is 6.92 Å². The van der Waals surface area contributed by atoms with Crippen LogP contribution >= 0.6 is 0 Å². The molecule has 4 heteroatoms. The molecule has 184 valence electrons. The van der Waals surface area contributed by atoms with Crippen LogP contribution in [0.25, 0.3) is 11.0 Å². The van der Waals surface area contributed by atoms with Gasteiger partial charge in [-0.2, -0.15) is 0 Å². The Morgan fingerprint density at radius 3 is 2.15 bits per heavy atom. The molecule has 0 N–H and O–H groups in total. The summed E-state index contributed by atoms with van der Waals surface area (Å²) in [6.07, 6.45) is 21.1. The molecule has 0 amide bonds. The highest BCUT2D eigenvalue weighted by Gasteiger charge is 2.07. The van der Waals surface area contributed by atoms with Crippen molar-refractivity contribution in [3.8, 4) is 5.75 Å². The Labute approximate surface area is 200 Å². The lowest BCUT2D eigenvalue weighted by atomic mass is 10.1. The number of esters is 1. The lowest BCUT2D eigenvalue weighted by molar-refractivity contribution is -0.134. The number of unbranched alkanes of at least 4 members (excludes halogenated alkanes) is 9. The molecule has 2 rings (SSSR count). The van der Waals surface area contributed by atoms with Gasteiger partial charge in [-0.15, -0.1) is 0 Å². The van der Waals surface area contributed by atoms with Crippen molar-refractivity contribution in [3.63, 3.8) is 0 Å². The molecule has 2 aromatic rings. The van der Waals surface area contributed by atoms with E-state index in [-0.39, 0.29) is 5.97 Å². The molecule has 0 bridgehead atoms. The second-order valence-corrected chi connectivity index (χ2v) is 8.65. The summed E-state index contributed by atoms with van der Waals surface area (Å²) in [7, 11) is 0. The van der Waals surface area contributed by atoms with Gasteiger partial charge in [0.1, 0.15) is 11.3 Å². The number of fused-ring (bicyclic) bond motifs is 1. The van der Waals surface area contributed by atoms with E-state index < -0.39 is 5.63 Å². The van der Waals surface area contributed by atoms with Gasteiger partial charge in [-0.3, -0.25) is 4.79 Å². The van der Waals surface area contributed by atoms with Crippen LogP contribution in [-0.4, -0.2) is 5.97 Å². The minimum absolute atomic E-state index is 0.285. The first-order valence-electron chi connectivity index (χ1n) is 12.9. The normalized spacial score (nSPS) is 10.9. The molecule has 0 aliphatic rings. The van der Waals surface area contributed by atoms with Crippen molar-refractivity contribution >= 4 is 16.9 Å². The lowest BCUT2D eigenvalue weighted by Gasteiger charge is -2.05. The molecule has 0 radical (unpaired) electrons. The second kappa shape index (κ2) is 18.1. The Bertz CT molecular complexity index is 879. The van der Waals surface area contributed by atoms with Crippen molar-refractivity contribution in [1.29, 1.82) is 0 Å². The SMILES string of the molecule is CCCC(=O)Oc1ccc2c(C)cc(=O)oc2c1.CCCC/C=C/CCCCCCCCC. The zero-order valence-electron chi connectivity index (χ0n) is 21.3. The van der Waals surface area contributed by atoms with E-state index in [1.54, 1.807) is 18.2 Å². The van der Waals surface area contributed by atoms with Crippen molar-refractivity contribution in [3.05, 3.63) is 52.4 Å². The number of hydrogen-bond acceptors (Lipinski definition) is 4. The molecular formula is C29H44O4. The first-order chi connectivity index (χ1) is 16.0. The summed E-state index contributed by atoms with van der Waals surface area (Å²) < 4.78 is 10.2. The van der Waals surface area contributed by atoms with Crippen LogP contribution in [0.2, 0.25) is 0 Å². The van der Waals surface area contributed by atoms with Crippen LogP contribution in [-0.2, 0) is 4.79 Å². The maximum Gasteiger partial charge on any atom is 0.336 e. The maximum atomic E-state index is 11.4. The third-order valence-corrected chi connectivity index (χ3v) is 5.47. The molecule has 33 heavy (non-hydrogen) atoms. The molecule has 1 aromatic heterocycles. The predicted octanol–water partition coefficient (Wildman–Crippen LogP) is 8.68. The van der Waals surface area contributed by atoms with Gasteiger partial charge in [-0.05, 0) is 50.3 Å².